The number of ether oxygens (including phenoxy) is 1. The molecule has 0 bridgehead atoms. The molecule has 0 saturated carbocycles. The van der Waals surface area contributed by atoms with Gasteiger partial charge in [0.2, 0.25) is 5.91 Å². The summed E-state index contributed by atoms with van der Waals surface area (Å²) in [7, 11) is 1.58. The first-order valence-electron chi connectivity index (χ1n) is 8.20. The first kappa shape index (κ1) is 15.9. The largest absolute Gasteiger partial charge is 0.369 e. The number of rotatable bonds is 4. The Morgan fingerprint density at radius 3 is 2.52 bits per heavy atom. The molecule has 3 heterocycles. The van der Waals surface area contributed by atoms with Crippen LogP contribution in [-0.4, -0.2) is 58.9 Å². The fourth-order valence-electron chi connectivity index (χ4n) is 3.63. The van der Waals surface area contributed by atoms with Crippen LogP contribution in [0.15, 0.2) is 24.5 Å². The highest BCUT2D eigenvalue weighted by molar-refractivity contribution is 5.89. The number of amides is 2. The normalized spacial score (nSPS) is 25.4. The van der Waals surface area contributed by atoms with Gasteiger partial charge in [0.1, 0.15) is 0 Å². The van der Waals surface area contributed by atoms with Gasteiger partial charge in [-0.05, 0) is 30.5 Å². The van der Waals surface area contributed by atoms with Crippen LogP contribution in [0.1, 0.15) is 37.8 Å². The molecule has 6 heteroatoms. The number of hydrogen-bond donors (Lipinski definition) is 0. The average Bonchev–Trinajstić information content (AvgIpc) is 2.60. The maximum absolute atomic E-state index is 12.5. The molecule has 124 valence electrons. The standard InChI is InChI=1S/C17H23N3O3/c1-3-14(21)19-10-6-13(7-11-19)20-15(16(23-2)17(20)22)12-4-8-18-9-5-12/h4-5,8-9,13,15-16H,3,6-7,10-11H2,1-2H3/t15-,16+/m0/s1. The van der Waals surface area contributed by atoms with E-state index in [1.165, 1.54) is 0 Å². The molecule has 2 amide bonds. The van der Waals surface area contributed by atoms with Crippen molar-refractivity contribution in [2.75, 3.05) is 20.2 Å². The van der Waals surface area contributed by atoms with E-state index < -0.39 is 6.10 Å². The Morgan fingerprint density at radius 1 is 1.30 bits per heavy atom. The second-order valence-corrected chi connectivity index (χ2v) is 6.09. The third kappa shape index (κ3) is 2.83. The maximum Gasteiger partial charge on any atom is 0.255 e. The third-order valence-electron chi connectivity index (χ3n) is 4.90. The Morgan fingerprint density at radius 2 is 1.96 bits per heavy atom. The van der Waals surface area contributed by atoms with Gasteiger partial charge in [-0.15, -0.1) is 0 Å². The van der Waals surface area contributed by atoms with Crippen molar-refractivity contribution in [2.45, 2.75) is 44.4 Å². The highest BCUT2D eigenvalue weighted by Gasteiger charge is 2.51. The third-order valence-corrected chi connectivity index (χ3v) is 4.90. The van der Waals surface area contributed by atoms with Crippen molar-refractivity contribution in [1.82, 2.24) is 14.8 Å². The number of likely N-dealkylation sites (tertiary alicyclic amines) is 2. The molecule has 3 rings (SSSR count). The fraction of sp³-hybridized carbons (Fsp3) is 0.588. The summed E-state index contributed by atoms with van der Waals surface area (Å²) in [5, 5.41) is 0. The molecule has 2 fully saturated rings. The predicted molar refractivity (Wildman–Crippen MR) is 84.5 cm³/mol. The van der Waals surface area contributed by atoms with Crippen molar-refractivity contribution >= 4 is 11.8 Å². The zero-order valence-corrected chi connectivity index (χ0v) is 13.6. The Labute approximate surface area is 136 Å². The number of nitrogens with zero attached hydrogens (tertiary/aromatic N) is 3. The van der Waals surface area contributed by atoms with Crippen molar-refractivity contribution in [3.05, 3.63) is 30.1 Å². The average molecular weight is 317 g/mol. The smallest absolute Gasteiger partial charge is 0.255 e. The monoisotopic (exact) mass is 317 g/mol. The lowest BCUT2D eigenvalue weighted by Crippen LogP contribution is -2.64. The minimum Gasteiger partial charge on any atom is -0.369 e. The van der Waals surface area contributed by atoms with Crippen LogP contribution in [-0.2, 0) is 14.3 Å². The molecule has 2 saturated heterocycles. The van der Waals surface area contributed by atoms with Crippen LogP contribution in [0.5, 0.6) is 0 Å². The summed E-state index contributed by atoms with van der Waals surface area (Å²) in [5.41, 5.74) is 1.05. The number of piperidine rings is 1. The molecular formula is C17H23N3O3. The number of carbonyl (C=O) groups is 2. The number of hydrogen-bond acceptors (Lipinski definition) is 4. The lowest BCUT2D eigenvalue weighted by atomic mass is 9.86. The summed E-state index contributed by atoms with van der Waals surface area (Å²) in [4.78, 5) is 32.1. The van der Waals surface area contributed by atoms with E-state index in [-0.39, 0.29) is 23.9 Å². The molecule has 0 radical (unpaired) electrons. The van der Waals surface area contributed by atoms with Crippen molar-refractivity contribution < 1.29 is 14.3 Å². The molecule has 6 nitrogen and oxygen atoms in total. The Kier molecular flexibility index (Phi) is 4.61. The van der Waals surface area contributed by atoms with Gasteiger partial charge in [0.15, 0.2) is 6.10 Å². The van der Waals surface area contributed by atoms with Gasteiger partial charge >= 0.3 is 0 Å². The van der Waals surface area contributed by atoms with Gasteiger partial charge in [0.25, 0.3) is 5.91 Å². The zero-order chi connectivity index (χ0) is 16.4. The number of pyridine rings is 1. The molecule has 1 aromatic rings. The zero-order valence-electron chi connectivity index (χ0n) is 13.6. The Hall–Kier alpha value is -1.95. The van der Waals surface area contributed by atoms with Crippen LogP contribution < -0.4 is 0 Å². The van der Waals surface area contributed by atoms with Crippen LogP contribution in [0, 0.1) is 0 Å². The molecule has 1 aromatic heterocycles. The van der Waals surface area contributed by atoms with Crippen LogP contribution in [0.2, 0.25) is 0 Å². The first-order chi connectivity index (χ1) is 11.2. The molecule has 0 N–H and O–H groups in total. The lowest BCUT2D eigenvalue weighted by Gasteiger charge is -2.52. The van der Waals surface area contributed by atoms with E-state index >= 15 is 0 Å². The first-order valence-corrected chi connectivity index (χ1v) is 8.20. The van der Waals surface area contributed by atoms with Gasteiger partial charge in [0.05, 0.1) is 6.04 Å². The molecule has 2 aliphatic rings. The number of aromatic nitrogens is 1. The maximum atomic E-state index is 12.5. The lowest BCUT2D eigenvalue weighted by molar-refractivity contribution is -0.178. The van der Waals surface area contributed by atoms with Crippen LogP contribution in [0.4, 0.5) is 0 Å². The second-order valence-electron chi connectivity index (χ2n) is 6.09. The van der Waals surface area contributed by atoms with Gasteiger partial charge in [-0.2, -0.15) is 0 Å². The van der Waals surface area contributed by atoms with Crippen LogP contribution in [0.25, 0.3) is 0 Å². The van der Waals surface area contributed by atoms with Gasteiger partial charge in [0, 0.05) is 45.1 Å². The molecule has 0 spiro atoms. The highest BCUT2D eigenvalue weighted by atomic mass is 16.5. The van der Waals surface area contributed by atoms with Crippen molar-refractivity contribution in [3.8, 4) is 0 Å². The summed E-state index contributed by atoms with van der Waals surface area (Å²) < 4.78 is 5.39. The van der Waals surface area contributed by atoms with E-state index in [9.17, 15) is 9.59 Å². The van der Waals surface area contributed by atoms with Gasteiger partial charge in [-0.25, -0.2) is 0 Å². The number of carbonyl (C=O) groups excluding carboxylic acids is 2. The predicted octanol–water partition coefficient (Wildman–Crippen LogP) is 1.38. The Balaban J connectivity index is 1.72. The summed E-state index contributed by atoms with van der Waals surface area (Å²) in [5.74, 6) is 0.244. The van der Waals surface area contributed by atoms with E-state index in [2.05, 4.69) is 4.98 Å². The molecule has 0 aromatic carbocycles. The van der Waals surface area contributed by atoms with Crippen LogP contribution >= 0.6 is 0 Å². The number of methoxy groups -OCH3 is 1. The molecule has 0 aliphatic carbocycles. The van der Waals surface area contributed by atoms with E-state index in [1.807, 2.05) is 28.9 Å². The second kappa shape index (κ2) is 6.66. The molecule has 0 unspecified atom stereocenters. The highest BCUT2D eigenvalue weighted by Crippen LogP contribution is 2.40. The Bertz CT molecular complexity index is 570. The van der Waals surface area contributed by atoms with Crippen LogP contribution in [0.3, 0.4) is 0 Å². The molecule has 23 heavy (non-hydrogen) atoms. The van der Waals surface area contributed by atoms with E-state index in [0.29, 0.717) is 6.42 Å². The summed E-state index contributed by atoms with van der Waals surface area (Å²) >= 11 is 0. The SMILES string of the molecule is CCC(=O)N1CCC(N2C(=O)[C@H](OC)[C@@H]2c2ccncc2)CC1. The van der Waals surface area contributed by atoms with Crippen molar-refractivity contribution in [1.29, 1.82) is 0 Å². The minimum atomic E-state index is -0.410. The molecule has 2 atom stereocenters. The quantitative estimate of drug-likeness (QED) is 0.787. The number of β-lactam (4-membered cyclic amide) rings is 1. The summed E-state index contributed by atoms with van der Waals surface area (Å²) in [6.45, 7) is 3.33. The summed E-state index contributed by atoms with van der Waals surface area (Å²) in [6.07, 6.45) is 5.27. The fourth-order valence-corrected chi connectivity index (χ4v) is 3.63. The summed E-state index contributed by atoms with van der Waals surface area (Å²) in [6, 6.07) is 4.00. The minimum absolute atomic E-state index is 0.0473. The van der Waals surface area contributed by atoms with E-state index in [1.54, 1.807) is 19.5 Å². The van der Waals surface area contributed by atoms with Crippen molar-refractivity contribution in [2.24, 2.45) is 0 Å². The topological polar surface area (TPSA) is 62.7 Å². The van der Waals surface area contributed by atoms with E-state index in [4.69, 9.17) is 4.74 Å². The van der Waals surface area contributed by atoms with E-state index in [0.717, 1.165) is 31.5 Å². The van der Waals surface area contributed by atoms with Crippen molar-refractivity contribution in [3.63, 3.8) is 0 Å². The molecular weight excluding hydrogens is 294 g/mol. The van der Waals surface area contributed by atoms with Gasteiger partial charge in [-0.1, -0.05) is 6.92 Å². The molecule has 2 aliphatic heterocycles. The van der Waals surface area contributed by atoms with Gasteiger partial charge in [-0.3, -0.25) is 14.6 Å². The van der Waals surface area contributed by atoms with Gasteiger partial charge < -0.3 is 14.5 Å².